The lowest BCUT2D eigenvalue weighted by atomic mass is 9.97. The third kappa shape index (κ3) is 6.12. The Morgan fingerprint density at radius 2 is 1.97 bits per heavy atom. The summed E-state index contributed by atoms with van der Waals surface area (Å²) in [6.07, 6.45) is 4.13. The lowest BCUT2D eigenvalue weighted by Crippen LogP contribution is -2.38. The molecule has 0 radical (unpaired) electrons. The second-order valence-corrected chi connectivity index (χ2v) is 10.2. The number of amides is 1. The van der Waals surface area contributed by atoms with Crippen LogP contribution in [0.25, 0.3) is 22.3 Å². The smallest absolute Gasteiger partial charge is 0.310 e. The normalized spacial score (nSPS) is 18.9. The molecule has 10 nitrogen and oxygen atoms in total. The summed E-state index contributed by atoms with van der Waals surface area (Å²) in [5.41, 5.74) is 2.90. The number of carbonyl (C=O) groups is 2. The summed E-state index contributed by atoms with van der Waals surface area (Å²) in [7, 11) is 0. The summed E-state index contributed by atoms with van der Waals surface area (Å²) in [5, 5.41) is 1.22. The molecule has 2 aliphatic rings. The molecule has 10 heteroatoms. The molecular formula is C29H35N5O5. The van der Waals surface area contributed by atoms with Crippen LogP contribution in [0.5, 0.6) is 5.75 Å². The van der Waals surface area contributed by atoms with Crippen LogP contribution in [0.3, 0.4) is 0 Å². The lowest BCUT2D eigenvalue weighted by molar-refractivity contribution is -0.150. The van der Waals surface area contributed by atoms with Gasteiger partial charge in [0, 0.05) is 30.8 Å². The van der Waals surface area contributed by atoms with E-state index in [-0.39, 0.29) is 29.0 Å². The average Bonchev–Trinajstić information content (AvgIpc) is 2.94. The summed E-state index contributed by atoms with van der Waals surface area (Å²) in [5.74, 6) is 6.05. The van der Waals surface area contributed by atoms with Crippen LogP contribution in [0.15, 0.2) is 41.2 Å². The number of ether oxygens (including phenoxy) is 2. The van der Waals surface area contributed by atoms with Crippen molar-refractivity contribution in [3.63, 3.8) is 0 Å². The number of fused-ring (bicyclic) bond motifs is 4. The molecule has 5 rings (SSSR count). The molecule has 0 saturated carbocycles. The second-order valence-electron chi connectivity index (χ2n) is 10.2. The van der Waals surface area contributed by atoms with Crippen molar-refractivity contribution in [3.8, 4) is 17.0 Å². The highest BCUT2D eigenvalue weighted by molar-refractivity contribution is 5.95. The predicted molar refractivity (Wildman–Crippen MR) is 147 cm³/mol. The number of hydrogen-bond acceptors (Lipinski definition) is 8. The molecule has 3 N–H and O–H groups in total. The Labute approximate surface area is 227 Å². The molecule has 1 fully saturated rings. The van der Waals surface area contributed by atoms with Crippen LogP contribution in [-0.2, 0) is 16.1 Å². The Hall–Kier alpha value is -3.76. The molecule has 206 valence electrons. The zero-order valence-corrected chi connectivity index (χ0v) is 22.3. The van der Waals surface area contributed by atoms with Crippen LogP contribution in [0.2, 0.25) is 0 Å². The number of nitrogens with zero attached hydrogens (tertiary/aromatic N) is 3. The highest BCUT2D eigenvalue weighted by atomic mass is 16.5. The Balaban J connectivity index is 1.50. The minimum Gasteiger partial charge on any atom is -0.491 e. The van der Waals surface area contributed by atoms with E-state index < -0.39 is 0 Å². The maximum atomic E-state index is 13.2. The highest BCUT2D eigenvalue weighted by Gasteiger charge is 2.27. The summed E-state index contributed by atoms with van der Waals surface area (Å²) in [6, 6.07) is 10.7. The number of benzene rings is 2. The van der Waals surface area contributed by atoms with Gasteiger partial charge >= 0.3 is 5.97 Å². The van der Waals surface area contributed by atoms with E-state index in [1.54, 1.807) is 24.3 Å². The molecule has 1 atom stereocenters. The Kier molecular flexibility index (Phi) is 8.23. The number of H-pyrrole nitrogens is 1. The summed E-state index contributed by atoms with van der Waals surface area (Å²) in [4.78, 5) is 48.3. The van der Waals surface area contributed by atoms with Gasteiger partial charge in [-0.05, 0) is 75.4 Å². The fourth-order valence-electron chi connectivity index (χ4n) is 5.34. The van der Waals surface area contributed by atoms with Gasteiger partial charge in [-0.2, -0.15) is 0 Å². The number of hydrogen-bond donors (Lipinski definition) is 2. The number of likely N-dealkylation sites (tertiary alicyclic amines) is 1. The van der Waals surface area contributed by atoms with E-state index >= 15 is 0 Å². The maximum Gasteiger partial charge on any atom is 0.310 e. The molecule has 2 aliphatic heterocycles. The van der Waals surface area contributed by atoms with Gasteiger partial charge in [0.05, 0.1) is 24.6 Å². The first-order valence-corrected chi connectivity index (χ1v) is 13.7. The van der Waals surface area contributed by atoms with Crippen molar-refractivity contribution in [1.82, 2.24) is 19.9 Å². The van der Waals surface area contributed by atoms with Gasteiger partial charge in [-0.15, -0.1) is 0 Å². The Morgan fingerprint density at radius 3 is 2.82 bits per heavy atom. The van der Waals surface area contributed by atoms with Crippen molar-refractivity contribution >= 4 is 22.9 Å². The number of piperidine rings is 1. The van der Waals surface area contributed by atoms with Gasteiger partial charge in [-0.1, -0.05) is 12.1 Å². The predicted octanol–water partition coefficient (Wildman–Crippen LogP) is 3.24. The number of aromatic nitrogens is 2. The van der Waals surface area contributed by atoms with E-state index in [2.05, 4.69) is 9.88 Å². The Bertz CT molecular complexity index is 1420. The first-order chi connectivity index (χ1) is 18.9. The molecule has 1 amide bonds. The van der Waals surface area contributed by atoms with E-state index in [4.69, 9.17) is 20.3 Å². The third-order valence-corrected chi connectivity index (χ3v) is 7.30. The van der Waals surface area contributed by atoms with Crippen molar-refractivity contribution in [2.24, 2.45) is 11.8 Å². The van der Waals surface area contributed by atoms with Crippen LogP contribution in [0.4, 0.5) is 0 Å². The number of carbonyl (C=O) groups excluding carboxylic acids is 2. The first kappa shape index (κ1) is 26.8. The first-order valence-electron chi connectivity index (χ1n) is 13.7. The van der Waals surface area contributed by atoms with E-state index in [0.717, 1.165) is 44.2 Å². The summed E-state index contributed by atoms with van der Waals surface area (Å²) >= 11 is 0. The van der Waals surface area contributed by atoms with Gasteiger partial charge in [-0.25, -0.2) is 10.8 Å². The molecule has 2 aromatic carbocycles. The number of aromatic amines is 1. The largest absolute Gasteiger partial charge is 0.491 e. The molecule has 1 saturated heterocycles. The number of esters is 1. The average molecular weight is 534 g/mol. The van der Waals surface area contributed by atoms with Crippen LogP contribution in [-0.4, -0.2) is 64.6 Å². The molecule has 0 aliphatic carbocycles. The second kappa shape index (κ2) is 12.0. The van der Waals surface area contributed by atoms with Crippen molar-refractivity contribution in [2.75, 3.05) is 32.8 Å². The van der Waals surface area contributed by atoms with E-state index in [1.165, 1.54) is 5.01 Å². The summed E-state index contributed by atoms with van der Waals surface area (Å²) < 4.78 is 11.5. The van der Waals surface area contributed by atoms with Crippen LogP contribution in [0.1, 0.15) is 54.9 Å². The van der Waals surface area contributed by atoms with E-state index in [9.17, 15) is 14.4 Å². The van der Waals surface area contributed by atoms with Crippen LogP contribution < -0.4 is 16.1 Å². The molecule has 3 heterocycles. The standard InChI is InChI=1S/C29H35N5O5/c1-2-38-29(37)22-10-7-11-33(18-22)17-19-14-23-26-24(15-19)39-13-5-3-4-12-34(30)28(36)21-9-6-8-20(16-21)25(32-26)27(35)31-23/h6,8-9,14-16,22H,2-5,7,10-13,17-18,30H2,1H3,(H,31,35). The van der Waals surface area contributed by atoms with Crippen molar-refractivity contribution in [2.45, 2.75) is 45.6 Å². The number of nitrogens with one attached hydrogen (secondary N) is 1. The minimum atomic E-state index is -0.357. The third-order valence-electron chi connectivity index (χ3n) is 7.30. The van der Waals surface area contributed by atoms with Crippen LogP contribution >= 0.6 is 0 Å². The highest BCUT2D eigenvalue weighted by Crippen LogP contribution is 2.29. The van der Waals surface area contributed by atoms with Gasteiger partial charge in [-0.3, -0.25) is 24.3 Å². The lowest BCUT2D eigenvalue weighted by Gasteiger charge is -2.31. The Morgan fingerprint density at radius 1 is 1.13 bits per heavy atom. The van der Waals surface area contributed by atoms with Gasteiger partial charge in [0.15, 0.2) is 0 Å². The van der Waals surface area contributed by atoms with Gasteiger partial charge in [0.1, 0.15) is 17.0 Å². The molecule has 39 heavy (non-hydrogen) atoms. The quantitative estimate of drug-likeness (QED) is 0.297. The maximum absolute atomic E-state index is 13.2. The molecule has 1 unspecified atom stereocenters. The van der Waals surface area contributed by atoms with E-state index in [1.807, 2.05) is 19.1 Å². The fourth-order valence-corrected chi connectivity index (χ4v) is 5.34. The summed E-state index contributed by atoms with van der Waals surface area (Å²) in [6.45, 7) is 5.23. The SMILES string of the molecule is CCOC(=O)C1CCCN(Cc2cc3c4nc(c(=O)[nH]c4c2)-c2cccc(c2)C(=O)N(N)CCCCCO3)C1. The van der Waals surface area contributed by atoms with E-state index in [0.29, 0.717) is 60.8 Å². The number of hydrazine groups is 1. The zero-order valence-electron chi connectivity index (χ0n) is 22.3. The van der Waals surface area contributed by atoms with Crippen molar-refractivity contribution < 1.29 is 19.1 Å². The van der Waals surface area contributed by atoms with Gasteiger partial charge in [0.25, 0.3) is 11.5 Å². The minimum absolute atomic E-state index is 0.131. The molecule has 3 aromatic rings. The van der Waals surface area contributed by atoms with Gasteiger partial charge in [0.2, 0.25) is 0 Å². The molecule has 1 aromatic heterocycles. The topological polar surface area (TPSA) is 131 Å². The monoisotopic (exact) mass is 533 g/mol. The number of rotatable bonds is 4. The fraction of sp³-hybridized carbons (Fsp3) is 0.448. The van der Waals surface area contributed by atoms with Gasteiger partial charge < -0.3 is 14.5 Å². The molecule has 4 bridgehead atoms. The molecular weight excluding hydrogens is 498 g/mol. The van der Waals surface area contributed by atoms with Crippen molar-refractivity contribution in [3.05, 3.63) is 57.9 Å². The van der Waals surface area contributed by atoms with Crippen molar-refractivity contribution in [1.29, 1.82) is 0 Å². The van der Waals surface area contributed by atoms with Crippen LogP contribution in [0, 0.1) is 5.92 Å². The molecule has 0 spiro atoms. The number of nitrogens with two attached hydrogens (primary N) is 1. The zero-order chi connectivity index (χ0) is 27.4.